The lowest BCUT2D eigenvalue weighted by Gasteiger charge is -2.41. The highest BCUT2D eigenvalue weighted by molar-refractivity contribution is 5.87. The van der Waals surface area contributed by atoms with Crippen molar-refractivity contribution >= 4 is 23.0 Å². The minimum Gasteiger partial charge on any atom is -0.453 e. The smallest absolute Gasteiger partial charge is 0.407 e. The van der Waals surface area contributed by atoms with Crippen LogP contribution in [0.4, 0.5) is 4.79 Å². The fourth-order valence-electron chi connectivity index (χ4n) is 6.08. The van der Waals surface area contributed by atoms with Crippen LogP contribution in [0.2, 0.25) is 0 Å². The third kappa shape index (κ3) is 4.51. The molecule has 7 rings (SSSR count). The summed E-state index contributed by atoms with van der Waals surface area (Å²) in [5, 5.41) is 5.65. The lowest BCUT2D eigenvalue weighted by atomic mass is 9.76. The number of H-pyrrole nitrogens is 2. The average molecular weight is 561 g/mol. The zero-order chi connectivity index (χ0) is 28.8. The number of rotatable bonds is 6. The molecule has 4 N–H and O–H groups in total. The average Bonchev–Trinajstić information content (AvgIpc) is 3.65. The Morgan fingerprint density at radius 1 is 0.952 bits per heavy atom. The summed E-state index contributed by atoms with van der Waals surface area (Å²) in [6.45, 7) is 1.63. The van der Waals surface area contributed by atoms with Crippen LogP contribution in [0.15, 0.2) is 67.0 Å². The summed E-state index contributed by atoms with van der Waals surface area (Å²) in [6.07, 6.45) is 5.69. The number of alkyl carbamates (subject to hydrolysis) is 1. The molecule has 0 bridgehead atoms. The van der Waals surface area contributed by atoms with E-state index in [1.54, 1.807) is 13.3 Å². The summed E-state index contributed by atoms with van der Waals surface area (Å²) in [7, 11) is 1.27. The molecule has 2 heterocycles. The van der Waals surface area contributed by atoms with Crippen molar-refractivity contribution in [2.75, 3.05) is 7.11 Å². The van der Waals surface area contributed by atoms with Crippen molar-refractivity contribution in [1.29, 1.82) is 0 Å². The van der Waals surface area contributed by atoms with Crippen molar-refractivity contribution < 1.29 is 14.3 Å². The standard InChI is InChI=1S/C33H32N6O3/c1-19(36-32(41)42-2)30(40)39-33(14-3-15-33)31-37-26-12-9-23(17-28(26)38-31)21-6-4-20(5-7-21)22-8-11-25-24(16-22)10-13-27-29(25)35-18-34-27/h4-9,11-12,16-19H,3,10,13-15H2,1-2H3,(H,34,35)(H,36,41)(H,37,38)(H,39,40). The van der Waals surface area contributed by atoms with Crippen LogP contribution < -0.4 is 10.6 Å². The van der Waals surface area contributed by atoms with Gasteiger partial charge in [-0.25, -0.2) is 14.8 Å². The van der Waals surface area contributed by atoms with Crippen molar-refractivity contribution in [3.8, 4) is 33.5 Å². The molecule has 42 heavy (non-hydrogen) atoms. The topological polar surface area (TPSA) is 125 Å². The second kappa shape index (κ2) is 10.2. The Labute approximate surface area is 243 Å². The second-order valence-corrected chi connectivity index (χ2v) is 11.3. The molecule has 2 aliphatic rings. The fraction of sp³-hybridized carbons (Fsp3) is 0.273. The van der Waals surface area contributed by atoms with Crippen LogP contribution in [-0.2, 0) is 27.9 Å². The first-order valence-electron chi connectivity index (χ1n) is 14.4. The number of imidazole rings is 2. The molecule has 9 heteroatoms. The normalized spacial score (nSPS) is 15.7. The molecule has 1 unspecified atom stereocenters. The van der Waals surface area contributed by atoms with Crippen LogP contribution in [0.5, 0.6) is 0 Å². The maximum atomic E-state index is 12.8. The Morgan fingerprint density at radius 2 is 1.67 bits per heavy atom. The maximum absolute atomic E-state index is 12.8. The predicted molar refractivity (Wildman–Crippen MR) is 161 cm³/mol. The van der Waals surface area contributed by atoms with E-state index < -0.39 is 17.7 Å². The van der Waals surface area contributed by atoms with E-state index in [2.05, 4.69) is 84.9 Å². The molecule has 9 nitrogen and oxygen atoms in total. The van der Waals surface area contributed by atoms with Crippen LogP contribution in [0.1, 0.15) is 43.3 Å². The Kier molecular flexibility index (Phi) is 6.30. The zero-order valence-corrected chi connectivity index (χ0v) is 23.6. The molecule has 2 aliphatic carbocycles. The van der Waals surface area contributed by atoms with E-state index in [1.807, 2.05) is 6.07 Å². The van der Waals surface area contributed by atoms with E-state index in [1.165, 1.54) is 35.1 Å². The molecule has 0 radical (unpaired) electrons. The van der Waals surface area contributed by atoms with Gasteiger partial charge in [0.05, 0.1) is 35.7 Å². The van der Waals surface area contributed by atoms with Gasteiger partial charge >= 0.3 is 6.09 Å². The van der Waals surface area contributed by atoms with Crippen molar-refractivity contribution in [3.63, 3.8) is 0 Å². The van der Waals surface area contributed by atoms with Gasteiger partial charge in [0.2, 0.25) is 5.91 Å². The van der Waals surface area contributed by atoms with Crippen LogP contribution in [0.25, 0.3) is 44.5 Å². The number of nitrogens with one attached hydrogen (secondary N) is 4. The molecule has 3 aromatic carbocycles. The van der Waals surface area contributed by atoms with Crippen molar-refractivity contribution in [1.82, 2.24) is 30.6 Å². The lowest BCUT2D eigenvalue weighted by molar-refractivity contribution is -0.126. The molecule has 1 fully saturated rings. The van der Waals surface area contributed by atoms with Crippen molar-refractivity contribution in [2.24, 2.45) is 0 Å². The zero-order valence-electron chi connectivity index (χ0n) is 23.6. The quantitative estimate of drug-likeness (QED) is 0.214. The molecule has 1 atom stereocenters. The van der Waals surface area contributed by atoms with Gasteiger partial charge in [0, 0.05) is 11.3 Å². The number of aromatic nitrogens is 4. The van der Waals surface area contributed by atoms with Gasteiger partial charge in [-0.3, -0.25) is 4.79 Å². The van der Waals surface area contributed by atoms with E-state index in [0.717, 1.165) is 65.8 Å². The second-order valence-electron chi connectivity index (χ2n) is 11.3. The minimum absolute atomic E-state index is 0.272. The van der Waals surface area contributed by atoms with E-state index >= 15 is 0 Å². The van der Waals surface area contributed by atoms with Gasteiger partial charge in [0.25, 0.3) is 0 Å². The van der Waals surface area contributed by atoms with Crippen LogP contribution in [-0.4, -0.2) is 45.1 Å². The highest BCUT2D eigenvalue weighted by Gasteiger charge is 2.43. The van der Waals surface area contributed by atoms with Gasteiger partial charge in [-0.1, -0.05) is 48.5 Å². The minimum atomic E-state index is -0.723. The molecule has 0 aliphatic heterocycles. The van der Waals surface area contributed by atoms with E-state index in [9.17, 15) is 9.59 Å². The molecule has 2 amide bonds. The molecular formula is C33H32N6O3. The Bertz CT molecular complexity index is 1820. The van der Waals surface area contributed by atoms with Gasteiger partial charge in [0.15, 0.2) is 0 Å². The number of aromatic amines is 2. The first-order chi connectivity index (χ1) is 20.4. The summed E-state index contributed by atoms with van der Waals surface area (Å²) in [5.41, 5.74) is 10.6. The lowest BCUT2D eigenvalue weighted by Crippen LogP contribution is -2.56. The number of carbonyl (C=O) groups is 2. The largest absolute Gasteiger partial charge is 0.453 e. The summed E-state index contributed by atoms with van der Waals surface area (Å²) < 4.78 is 4.62. The van der Waals surface area contributed by atoms with Crippen LogP contribution in [0.3, 0.4) is 0 Å². The van der Waals surface area contributed by atoms with Crippen molar-refractivity contribution in [3.05, 3.63) is 84.1 Å². The summed E-state index contributed by atoms with van der Waals surface area (Å²) >= 11 is 0. The van der Waals surface area contributed by atoms with Gasteiger partial charge < -0.3 is 25.3 Å². The monoisotopic (exact) mass is 560 g/mol. The fourth-order valence-corrected chi connectivity index (χ4v) is 6.08. The SMILES string of the molecule is COC(=O)NC(C)C(=O)NC1(c2nc3ccc(-c4ccc(-c5ccc6c(c5)CCc5[nH]cnc5-6)cc4)cc3[nH]2)CCC1. The number of carbonyl (C=O) groups excluding carboxylic acids is 2. The third-order valence-electron chi connectivity index (χ3n) is 8.69. The van der Waals surface area contributed by atoms with Crippen LogP contribution in [0, 0.1) is 0 Å². The first kappa shape index (κ1) is 26.0. The van der Waals surface area contributed by atoms with Crippen molar-refractivity contribution in [2.45, 2.75) is 50.6 Å². The van der Waals surface area contributed by atoms with E-state index in [0.29, 0.717) is 0 Å². The van der Waals surface area contributed by atoms with E-state index in [4.69, 9.17) is 4.98 Å². The number of hydrogen-bond acceptors (Lipinski definition) is 5. The number of fused-ring (bicyclic) bond motifs is 4. The highest BCUT2D eigenvalue weighted by atomic mass is 16.5. The van der Waals surface area contributed by atoms with E-state index in [-0.39, 0.29) is 5.91 Å². The number of methoxy groups -OCH3 is 1. The predicted octanol–water partition coefficient (Wildman–Crippen LogP) is 5.63. The highest BCUT2D eigenvalue weighted by Crippen LogP contribution is 2.41. The number of amides is 2. The Hall–Kier alpha value is -4.92. The first-order valence-corrected chi connectivity index (χ1v) is 14.4. The molecule has 0 saturated heterocycles. The maximum Gasteiger partial charge on any atom is 0.407 e. The van der Waals surface area contributed by atoms with Gasteiger partial charge in [-0.05, 0) is 79.0 Å². The number of benzene rings is 3. The third-order valence-corrected chi connectivity index (χ3v) is 8.69. The molecule has 0 spiro atoms. The van der Waals surface area contributed by atoms with Gasteiger partial charge in [-0.2, -0.15) is 0 Å². The molecule has 1 saturated carbocycles. The number of nitrogens with zero attached hydrogens (tertiary/aromatic N) is 2. The summed E-state index contributed by atoms with van der Waals surface area (Å²) in [6, 6.07) is 20.8. The number of aryl methyl sites for hydroxylation is 2. The van der Waals surface area contributed by atoms with Crippen LogP contribution >= 0.6 is 0 Å². The summed E-state index contributed by atoms with van der Waals surface area (Å²) in [5.74, 6) is 0.468. The molecular weight excluding hydrogens is 528 g/mol. The number of hydrogen-bond donors (Lipinski definition) is 4. The van der Waals surface area contributed by atoms with Gasteiger partial charge in [-0.15, -0.1) is 0 Å². The molecule has 212 valence electrons. The Balaban J connectivity index is 1.11. The number of ether oxygens (including phenoxy) is 1. The molecule has 2 aromatic heterocycles. The van der Waals surface area contributed by atoms with Gasteiger partial charge in [0.1, 0.15) is 11.9 Å². The summed E-state index contributed by atoms with van der Waals surface area (Å²) in [4.78, 5) is 40.5. The molecule has 5 aromatic rings. The Morgan fingerprint density at radius 3 is 2.38 bits per heavy atom.